The SMILES string of the molecule is CCc1c2c(cc(Br)c1-c1cnoc1N)OCCCO2. The zero-order valence-electron chi connectivity index (χ0n) is 11.1. The molecule has 2 aromatic rings. The normalized spacial score (nSPS) is 14.1. The number of nitrogens with two attached hydrogens (primary N) is 1. The molecule has 0 radical (unpaired) electrons. The molecule has 6 heteroatoms. The minimum Gasteiger partial charge on any atom is -0.490 e. The number of benzene rings is 1. The van der Waals surface area contributed by atoms with Gasteiger partial charge in [0.05, 0.1) is 25.0 Å². The number of nitrogens with zero attached hydrogens (tertiary/aromatic N) is 1. The van der Waals surface area contributed by atoms with E-state index in [4.69, 9.17) is 19.7 Å². The number of rotatable bonds is 2. The van der Waals surface area contributed by atoms with Gasteiger partial charge in [0.15, 0.2) is 11.5 Å². The van der Waals surface area contributed by atoms with Crippen molar-refractivity contribution in [1.29, 1.82) is 0 Å². The molecule has 1 aromatic heterocycles. The van der Waals surface area contributed by atoms with Gasteiger partial charge in [-0.3, -0.25) is 0 Å². The van der Waals surface area contributed by atoms with Crippen LogP contribution in [-0.4, -0.2) is 18.4 Å². The summed E-state index contributed by atoms with van der Waals surface area (Å²) in [5, 5.41) is 3.75. The second-order valence-electron chi connectivity index (χ2n) is 4.55. The van der Waals surface area contributed by atoms with Crippen molar-refractivity contribution in [3.8, 4) is 22.6 Å². The summed E-state index contributed by atoms with van der Waals surface area (Å²) in [4.78, 5) is 0. The Labute approximate surface area is 125 Å². The van der Waals surface area contributed by atoms with Crippen molar-refractivity contribution >= 4 is 21.8 Å². The average Bonchev–Trinajstić information content (AvgIpc) is 2.71. The van der Waals surface area contributed by atoms with E-state index >= 15 is 0 Å². The first-order valence-electron chi connectivity index (χ1n) is 6.53. The predicted octanol–water partition coefficient (Wildman–Crippen LogP) is 3.41. The lowest BCUT2D eigenvalue weighted by atomic mass is 9.98. The maximum Gasteiger partial charge on any atom is 0.230 e. The van der Waals surface area contributed by atoms with Crippen LogP contribution in [0.15, 0.2) is 21.3 Å². The molecule has 2 heterocycles. The molecule has 1 aliphatic heterocycles. The van der Waals surface area contributed by atoms with Crippen LogP contribution in [0.5, 0.6) is 11.5 Å². The Morgan fingerprint density at radius 3 is 2.85 bits per heavy atom. The molecule has 2 N–H and O–H groups in total. The van der Waals surface area contributed by atoms with E-state index in [-0.39, 0.29) is 0 Å². The smallest absolute Gasteiger partial charge is 0.230 e. The Morgan fingerprint density at radius 1 is 1.35 bits per heavy atom. The van der Waals surface area contributed by atoms with Crippen LogP contribution in [0.1, 0.15) is 18.9 Å². The number of hydrogen-bond acceptors (Lipinski definition) is 5. The molecular formula is C14H15BrN2O3. The maximum absolute atomic E-state index is 5.87. The van der Waals surface area contributed by atoms with Crippen LogP contribution in [0, 0.1) is 0 Å². The quantitative estimate of drug-likeness (QED) is 0.908. The van der Waals surface area contributed by atoms with Gasteiger partial charge in [-0.05, 0) is 28.4 Å². The number of nitrogen functional groups attached to an aromatic ring is 1. The molecule has 0 unspecified atom stereocenters. The van der Waals surface area contributed by atoms with Crippen molar-refractivity contribution in [2.75, 3.05) is 18.9 Å². The molecule has 3 rings (SSSR count). The summed E-state index contributed by atoms with van der Waals surface area (Å²) in [5.74, 6) is 1.86. The molecule has 1 aromatic carbocycles. The van der Waals surface area contributed by atoms with Gasteiger partial charge in [-0.25, -0.2) is 0 Å². The zero-order valence-corrected chi connectivity index (χ0v) is 12.7. The first-order chi connectivity index (χ1) is 9.72. The van der Waals surface area contributed by atoms with Gasteiger partial charge < -0.3 is 19.7 Å². The number of fused-ring (bicyclic) bond motifs is 1. The third kappa shape index (κ3) is 2.14. The standard InChI is InChI=1S/C14H15BrN2O3/c1-2-8-12(9-7-17-20-14(9)16)10(15)6-11-13(8)19-5-3-4-18-11/h6-7H,2-5,16H2,1H3. The minimum atomic E-state index is 0.301. The molecule has 0 amide bonds. The summed E-state index contributed by atoms with van der Waals surface area (Å²) in [6, 6.07) is 1.92. The Kier molecular flexibility index (Phi) is 3.56. The topological polar surface area (TPSA) is 70.5 Å². The third-order valence-corrected chi connectivity index (χ3v) is 3.94. The lowest BCUT2D eigenvalue weighted by Crippen LogP contribution is -2.00. The number of ether oxygens (including phenoxy) is 2. The Bertz CT molecular complexity index is 640. The van der Waals surface area contributed by atoms with Crippen LogP contribution >= 0.6 is 15.9 Å². The van der Waals surface area contributed by atoms with Crippen LogP contribution in [0.25, 0.3) is 11.1 Å². The van der Waals surface area contributed by atoms with Gasteiger partial charge in [-0.1, -0.05) is 12.1 Å². The number of halogens is 1. The van der Waals surface area contributed by atoms with Crippen molar-refractivity contribution < 1.29 is 14.0 Å². The predicted molar refractivity (Wildman–Crippen MR) is 79.0 cm³/mol. The van der Waals surface area contributed by atoms with Crippen LogP contribution < -0.4 is 15.2 Å². The monoisotopic (exact) mass is 338 g/mol. The third-order valence-electron chi connectivity index (χ3n) is 3.31. The highest BCUT2D eigenvalue weighted by Crippen LogP contribution is 2.45. The number of hydrogen-bond donors (Lipinski definition) is 1. The second-order valence-corrected chi connectivity index (χ2v) is 5.40. The van der Waals surface area contributed by atoms with Crippen LogP contribution in [0.4, 0.5) is 5.88 Å². The van der Waals surface area contributed by atoms with Crippen molar-refractivity contribution in [2.24, 2.45) is 0 Å². The summed E-state index contributed by atoms with van der Waals surface area (Å²) in [6.45, 7) is 3.39. The van der Waals surface area contributed by atoms with E-state index in [9.17, 15) is 0 Å². The van der Waals surface area contributed by atoms with Gasteiger partial charge in [0.25, 0.3) is 0 Å². The molecule has 0 saturated heterocycles. The van der Waals surface area contributed by atoms with Crippen LogP contribution in [-0.2, 0) is 6.42 Å². The van der Waals surface area contributed by atoms with E-state index in [0.717, 1.165) is 45.5 Å². The Balaban J connectivity index is 2.24. The number of anilines is 1. The molecule has 0 fully saturated rings. The fraction of sp³-hybridized carbons (Fsp3) is 0.357. The maximum atomic E-state index is 5.87. The van der Waals surface area contributed by atoms with Crippen molar-refractivity contribution in [1.82, 2.24) is 5.16 Å². The van der Waals surface area contributed by atoms with Gasteiger partial charge in [-0.2, -0.15) is 0 Å². The highest BCUT2D eigenvalue weighted by atomic mass is 79.9. The Morgan fingerprint density at radius 2 is 2.15 bits per heavy atom. The van der Waals surface area contributed by atoms with E-state index in [2.05, 4.69) is 28.0 Å². The first kappa shape index (κ1) is 13.3. The molecule has 1 aliphatic rings. The van der Waals surface area contributed by atoms with Gasteiger partial charge in [0.1, 0.15) is 0 Å². The summed E-state index contributed by atoms with van der Waals surface area (Å²) < 4.78 is 17.5. The fourth-order valence-corrected chi connectivity index (χ4v) is 3.07. The number of aromatic nitrogens is 1. The molecule has 5 nitrogen and oxygen atoms in total. The van der Waals surface area contributed by atoms with E-state index in [0.29, 0.717) is 19.1 Å². The molecule has 0 bridgehead atoms. The van der Waals surface area contributed by atoms with Crippen molar-refractivity contribution in [3.63, 3.8) is 0 Å². The molecule has 0 saturated carbocycles. The van der Waals surface area contributed by atoms with E-state index in [1.165, 1.54) is 0 Å². The van der Waals surface area contributed by atoms with Gasteiger partial charge >= 0.3 is 0 Å². The minimum absolute atomic E-state index is 0.301. The largest absolute Gasteiger partial charge is 0.490 e. The molecule has 20 heavy (non-hydrogen) atoms. The summed E-state index contributed by atoms with van der Waals surface area (Å²) >= 11 is 3.59. The second kappa shape index (κ2) is 5.36. The van der Waals surface area contributed by atoms with E-state index in [1.807, 2.05) is 6.07 Å². The van der Waals surface area contributed by atoms with Gasteiger partial charge in [0.2, 0.25) is 5.88 Å². The summed E-state index contributed by atoms with van der Waals surface area (Å²) in [7, 11) is 0. The molecule has 106 valence electrons. The van der Waals surface area contributed by atoms with Crippen molar-refractivity contribution in [2.45, 2.75) is 19.8 Å². The fourth-order valence-electron chi connectivity index (χ4n) is 2.40. The first-order valence-corrected chi connectivity index (χ1v) is 7.33. The van der Waals surface area contributed by atoms with Crippen molar-refractivity contribution in [3.05, 3.63) is 22.3 Å². The molecule has 0 aliphatic carbocycles. The zero-order chi connectivity index (χ0) is 14.1. The van der Waals surface area contributed by atoms with E-state index < -0.39 is 0 Å². The highest BCUT2D eigenvalue weighted by molar-refractivity contribution is 9.10. The average molecular weight is 339 g/mol. The highest BCUT2D eigenvalue weighted by Gasteiger charge is 2.23. The van der Waals surface area contributed by atoms with Crippen LogP contribution in [0.2, 0.25) is 0 Å². The summed E-state index contributed by atoms with van der Waals surface area (Å²) in [5.41, 5.74) is 8.62. The van der Waals surface area contributed by atoms with Crippen LogP contribution in [0.3, 0.4) is 0 Å². The Hall–Kier alpha value is -1.69. The molecule has 0 atom stereocenters. The van der Waals surface area contributed by atoms with E-state index in [1.54, 1.807) is 6.20 Å². The lowest BCUT2D eigenvalue weighted by molar-refractivity contribution is 0.296. The van der Waals surface area contributed by atoms with Gasteiger partial charge in [-0.15, -0.1) is 0 Å². The lowest BCUT2D eigenvalue weighted by Gasteiger charge is -2.17. The summed E-state index contributed by atoms with van der Waals surface area (Å²) in [6.07, 6.45) is 3.30. The molecular weight excluding hydrogens is 324 g/mol. The van der Waals surface area contributed by atoms with Gasteiger partial charge in [0, 0.05) is 22.0 Å². The molecule has 0 spiro atoms.